The van der Waals surface area contributed by atoms with Crippen LogP contribution in [0.3, 0.4) is 0 Å². The number of aliphatic imine (C=N–C) groups is 1. The molecular formula is C18H22IN5S. The van der Waals surface area contributed by atoms with Gasteiger partial charge in [-0.3, -0.25) is 4.40 Å². The maximum atomic E-state index is 4.82. The standard InChI is InChI=1S/C18H21N5S.HI/c1-2-19-17(20-11-16-13-23-9-10-24-18(23)21-16)22-8-7-14-5-3-4-6-15(14)12-22;/h3-6,9-10,13H,2,7-8,11-12H2,1H3,(H,19,20);1H. The van der Waals surface area contributed by atoms with Crippen molar-refractivity contribution in [3.63, 3.8) is 0 Å². The number of nitrogens with one attached hydrogen (secondary N) is 1. The number of halogens is 1. The van der Waals surface area contributed by atoms with E-state index in [2.05, 4.69) is 57.0 Å². The highest BCUT2D eigenvalue weighted by Crippen LogP contribution is 2.19. The third-order valence-corrected chi connectivity index (χ3v) is 5.07. The lowest BCUT2D eigenvalue weighted by Crippen LogP contribution is -2.44. The van der Waals surface area contributed by atoms with Gasteiger partial charge in [-0.2, -0.15) is 0 Å². The Bertz CT molecular complexity index is 841. The van der Waals surface area contributed by atoms with Crippen molar-refractivity contribution in [1.82, 2.24) is 19.6 Å². The van der Waals surface area contributed by atoms with Gasteiger partial charge in [-0.1, -0.05) is 24.3 Å². The molecule has 2 aromatic heterocycles. The van der Waals surface area contributed by atoms with Crippen molar-refractivity contribution in [2.45, 2.75) is 26.4 Å². The van der Waals surface area contributed by atoms with E-state index in [1.807, 2.05) is 11.6 Å². The number of hydrogen-bond acceptors (Lipinski definition) is 3. The third kappa shape index (κ3) is 3.98. The van der Waals surface area contributed by atoms with Crippen LogP contribution in [0.4, 0.5) is 0 Å². The Morgan fingerprint density at radius 1 is 1.32 bits per heavy atom. The molecule has 0 fully saturated rings. The number of nitrogens with zero attached hydrogens (tertiary/aromatic N) is 4. The summed E-state index contributed by atoms with van der Waals surface area (Å²) in [6, 6.07) is 8.69. The maximum Gasteiger partial charge on any atom is 0.194 e. The quantitative estimate of drug-likeness (QED) is 0.364. The molecule has 3 heterocycles. The molecule has 1 aliphatic rings. The summed E-state index contributed by atoms with van der Waals surface area (Å²) in [7, 11) is 0. The van der Waals surface area contributed by atoms with E-state index in [1.54, 1.807) is 11.3 Å². The fraction of sp³-hybridized carbons (Fsp3) is 0.333. The first-order valence-corrected chi connectivity index (χ1v) is 9.22. The summed E-state index contributed by atoms with van der Waals surface area (Å²) in [5.74, 6) is 0.975. The molecule has 0 unspecified atom stereocenters. The lowest BCUT2D eigenvalue weighted by Gasteiger charge is -2.31. The molecule has 0 saturated carbocycles. The van der Waals surface area contributed by atoms with Gasteiger partial charge in [-0.25, -0.2) is 9.98 Å². The predicted molar refractivity (Wildman–Crippen MR) is 114 cm³/mol. The van der Waals surface area contributed by atoms with Crippen molar-refractivity contribution < 1.29 is 0 Å². The van der Waals surface area contributed by atoms with Gasteiger partial charge in [0.15, 0.2) is 10.9 Å². The Balaban J connectivity index is 0.00000182. The molecular weight excluding hydrogens is 445 g/mol. The van der Waals surface area contributed by atoms with E-state index in [1.165, 1.54) is 11.1 Å². The Labute approximate surface area is 168 Å². The fourth-order valence-electron chi connectivity index (χ4n) is 3.11. The predicted octanol–water partition coefficient (Wildman–Crippen LogP) is 3.54. The Morgan fingerprint density at radius 2 is 2.16 bits per heavy atom. The van der Waals surface area contributed by atoms with Crippen molar-refractivity contribution in [3.05, 3.63) is 58.9 Å². The molecule has 0 amide bonds. The van der Waals surface area contributed by atoms with Crippen molar-refractivity contribution in [2.75, 3.05) is 13.1 Å². The molecule has 0 aliphatic carbocycles. The van der Waals surface area contributed by atoms with E-state index >= 15 is 0 Å². The molecule has 4 rings (SSSR count). The Morgan fingerprint density at radius 3 is 2.96 bits per heavy atom. The van der Waals surface area contributed by atoms with Gasteiger partial charge in [0.05, 0.1) is 12.2 Å². The van der Waals surface area contributed by atoms with Crippen molar-refractivity contribution in [1.29, 1.82) is 0 Å². The Hall–Kier alpha value is -1.61. The molecule has 0 saturated heterocycles. The van der Waals surface area contributed by atoms with Gasteiger partial charge in [0.25, 0.3) is 0 Å². The lowest BCUT2D eigenvalue weighted by molar-refractivity contribution is 0.378. The summed E-state index contributed by atoms with van der Waals surface area (Å²) < 4.78 is 2.06. The normalized spacial score (nSPS) is 14.3. The molecule has 5 nitrogen and oxygen atoms in total. The van der Waals surface area contributed by atoms with Crippen LogP contribution in [0.2, 0.25) is 0 Å². The second kappa shape index (κ2) is 8.18. The van der Waals surface area contributed by atoms with Gasteiger partial charge in [0, 0.05) is 37.4 Å². The average molecular weight is 467 g/mol. The summed E-state index contributed by atoms with van der Waals surface area (Å²) in [4.78, 5) is 12.8. The number of aromatic nitrogens is 2. The molecule has 0 radical (unpaired) electrons. The van der Waals surface area contributed by atoms with Gasteiger partial charge in [0.1, 0.15) is 0 Å². The van der Waals surface area contributed by atoms with Gasteiger partial charge >= 0.3 is 0 Å². The minimum Gasteiger partial charge on any atom is -0.356 e. The van der Waals surface area contributed by atoms with Crippen LogP contribution in [0.5, 0.6) is 0 Å². The van der Waals surface area contributed by atoms with Crippen LogP contribution in [0.25, 0.3) is 4.96 Å². The molecule has 132 valence electrons. The van der Waals surface area contributed by atoms with Crippen LogP contribution < -0.4 is 5.32 Å². The van der Waals surface area contributed by atoms with Gasteiger partial charge in [0.2, 0.25) is 0 Å². The molecule has 7 heteroatoms. The molecule has 1 aromatic carbocycles. The number of benzene rings is 1. The SMILES string of the molecule is CCNC(=NCc1cn2ccsc2n1)N1CCc2ccccc2C1.I. The van der Waals surface area contributed by atoms with Gasteiger partial charge in [-0.05, 0) is 24.5 Å². The third-order valence-electron chi connectivity index (χ3n) is 4.30. The number of guanidine groups is 1. The van der Waals surface area contributed by atoms with Crippen LogP contribution in [0.15, 0.2) is 47.0 Å². The van der Waals surface area contributed by atoms with Gasteiger partial charge in [-0.15, -0.1) is 35.3 Å². The average Bonchev–Trinajstić information content (AvgIpc) is 3.20. The first-order chi connectivity index (χ1) is 11.8. The largest absolute Gasteiger partial charge is 0.356 e. The number of fused-ring (bicyclic) bond motifs is 2. The second-order valence-electron chi connectivity index (χ2n) is 5.94. The summed E-state index contributed by atoms with van der Waals surface area (Å²) >= 11 is 1.65. The zero-order chi connectivity index (χ0) is 16.4. The van der Waals surface area contributed by atoms with E-state index in [0.29, 0.717) is 6.54 Å². The highest BCUT2D eigenvalue weighted by molar-refractivity contribution is 14.0. The maximum absolute atomic E-state index is 4.82. The number of imidazole rings is 1. The van der Waals surface area contributed by atoms with Crippen molar-refractivity contribution in [3.8, 4) is 0 Å². The molecule has 1 N–H and O–H groups in total. The lowest BCUT2D eigenvalue weighted by atomic mass is 10.0. The Kier molecular flexibility index (Phi) is 5.95. The highest BCUT2D eigenvalue weighted by Gasteiger charge is 2.18. The van der Waals surface area contributed by atoms with E-state index in [0.717, 1.165) is 42.7 Å². The summed E-state index contributed by atoms with van der Waals surface area (Å²) in [6.07, 6.45) is 5.16. The van der Waals surface area contributed by atoms with E-state index in [-0.39, 0.29) is 24.0 Å². The smallest absolute Gasteiger partial charge is 0.194 e. The first-order valence-electron chi connectivity index (χ1n) is 8.34. The monoisotopic (exact) mass is 467 g/mol. The second-order valence-corrected chi connectivity index (χ2v) is 6.81. The van der Waals surface area contributed by atoms with E-state index in [4.69, 9.17) is 4.99 Å². The fourth-order valence-corrected chi connectivity index (χ4v) is 3.83. The zero-order valence-electron chi connectivity index (χ0n) is 14.2. The highest BCUT2D eigenvalue weighted by atomic mass is 127. The molecule has 0 bridgehead atoms. The van der Waals surface area contributed by atoms with E-state index in [9.17, 15) is 0 Å². The van der Waals surface area contributed by atoms with Crippen molar-refractivity contribution >= 4 is 46.2 Å². The summed E-state index contributed by atoms with van der Waals surface area (Å²) in [5, 5.41) is 5.47. The van der Waals surface area contributed by atoms with Crippen molar-refractivity contribution in [2.24, 2.45) is 4.99 Å². The molecule has 0 atom stereocenters. The van der Waals surface area contributed by atoms with Crippen LogP contribution in [-0.4, -0.2) is 33.3 Å². The number of rotatable bonds is 3. The minimum absolute atomic E-state index is 0. The number of thiazole rings is 1. The molecule has 3 aromatic rings. The minimum atomic E-state index is 0. The van der Waals surface area contributed by atoms with Crippen LogP contribution in [0.1, 0.15) is 23.7 Å². The molecule has 1 aliphatic heterocycles. The van der Waals surface area contributed by atoms with E-state index < -0.39 is 0 Å². The first kappa shape index (κ1) is 18.2. The number of hydrogen-bond donors (Lipinski definition) is 1. The zero-order valence-corrected chi connectivity index (χ0v) is 17.3. The summed E-state index contributed by atoms with van der Waals surface area (Å²) in [6.45, 7) is 5.51. The van der Waals surface area contributed by atoms with Crippen LogP contribution in [-0.2, 0) is 19.5 Å². The van der Waals surface area contributed by atoms with Crippen LogP contribution >= 0.6 is 35.3 Å². The van der Waals surface area contributed by atoms with Gasteiger partial charge < -0.3 is 10.2 Å². The topological polar surface area (TPSA) is 44.9 Å². The summed E-state index contributed by atoms with van der Waals surface area (Å²) in [5.41, 5.74) is 3.87. The molecule has 0 spiro atoms. The molecule has 25 heavy (non-hydrogen) atoms. The van der Waals surface area contributed by atoms with Crippen LogP contribution in [0, 0.1) is 0 Å².